The number of rotatable bonds is 7. The molecular formula is C18H30ClN. The lowest BCUT2D eigenvalue weighted by molar-refractivity contribution is 0.311. The highest BCUT2D eigenvalue weighted by Gasteiger charge is 2.16. The summed E-state index contributed by atoms with van der Waals surface area (Å²) in [6.45, 7) is 13.3. The Kier molecular flexibility index (Phi) is 6.54. The third-order valence-corrected chi connectivity index (χ3v) is 4.01. The molecule has 0 spiro atoms. The van der Waals surface area contributed by atoms with E-state index in [-0.39, 0.29) is 5.41 Å². The predicted molar refractivity (Wildman–Crippen MR) is 90.6 cm³/mol. The number of alkyl halides is 1. The second-order valence-corrected chi connectivity index (χ2v) is 7.89. The molecule has 0 atom stereocenters. The Hall–Kier alpha value is -0.530. The monoisotopic (exact) mass is 295 g/mol. The molecule has 20 heavy (non-hydrogen) atoms. The molecule has 0 heterocycles. The summed E-state index contributed by atoms with van der Waals surface area (Å²) in [6.07, 6.45) is 2.27. The van der Waals surface area contributed by atoms with Crippen molar-refractivity contribution in [1.82, 2.24) is 5.32 Å². The van der Waals surface area contributed by atoms with Crippen LogP contribution < -0.4 is 5.32 Å². The highest BCUT2D eigenvalue weighted by atomic mass is 35.5. The van der Waals surface area contributed by atoms with E-state index in [1.54, 1.807) is 0 Å². The highest BCUT2D eigenvalue weighted by Crippen LogP contribution is 2.23. The topological polar surface area (TPSA) is 12.0 Å². The third-order valence-electron chi connectivity index (χ3n) is 3.74. The van der Waals surface area contributed by atoms with Gasteiger partial charge < -0.3 is 5.32 Å². The SMILES string of the molecule is CC(C)(CCCCl)CNCc1ccc(C(C)(C)C)cc1. The van der Waals surface area contributed by atoms with E-state index in [1.807, 2.05) is 0 Å². The molecular weight excluding hydrogens is 266 g/mol. The van der Waals surface area contributed by atoms with Gasteiger partial charge in [0.05, 0.1) is 0 Å². The predicted octanol–water partition coefficient (Wildman–Crippen LogP) is 5.12. The van der Waals surface area contributed by atoms with Crippen molar-refractivity contribution < 1.29 is 0 Å². The Morgan fingerprint density at radius 1 is 1.00 bits per heavy atom. The van der Waals surface area contributed by atoms with Crippen LogP contribution in [-0.2, 0) is 12.0 Å². The minimum absolute atomic E-state index is 0.232. The van der Waals surface area contributed by atoms with Gasteiger partial charge in [0.2, 0.25) is 0 Å². The third kappa shape index (κ3) is 6.28. The van der Waals surface area contributed by atoms with Crippen molar-refractivity contribution in [1.29, 1.82) is 0 Å². The maximum atomic E-state index is 5.77. The second kappa shape index (κ2) is 7.47. The molecule has 0 unspecified atom stereocenters. The number of halogens is 1. The first-order chi connectivity index (χ1) is 9.24. The Morgan fingerprint density at radius 2 is 1.60 bits per heavy atom. The molecule has 0 aromatic heterocycles. The molecule has 0 saturated heterocycles. The molecule has 0 aliphatic heterocycles. The van der Waals surface area contributed by atoms with Crippen LogP contribution in [0.25, 0.3) is 0 Å². The van der Waals surface area contributed by atoms with Gasteiger partial charge in [-0.15, -0.1) is 11.6 Å². The largest absolute Gasteiger partial charge is 0.312 e. The van der Waals surface area contributed by atoms with Gasteiger partial charge in [0.15, 0.2) is 0 Å². The summed E-state index contributed by atoms with van der Waals surface area (Å²) in [5.74, 6) is 0.762. The zero-order valence-corrected chi connectivity index (χ0v) is 14.5. The average Bonchev–Trinajstić information content (AvgIpc) is 2.36. The molecule has 2 heteroatoms. The lowest BCUT2D eigenvalue weighted by atomic mass is 9.86. The van der Waals surface area contributed by atoms with Crippen molar-refractivity contribution in [3.63, 3.8) is 0 Å². The van der Waals surface area contributed by atoms with Crippen LogP contribution in [0.15, 0.2) is 24.3 Å². The fourth-order valence-electron chi connectivity index (χ4n) is 2.30. The van der Waals surface area contributed by atoms with Crippen molar-refractivity contribution in [3.8, 4) is 0 Å². The number of nitrogens with one attached hydrogen (secondary N) is 1. The quantitative estimate of drug-likeness (QED) is 0.689. The van der Waals surface area contributed by atoms with Crippen LogP contribution in [0.2, 0.25) is 0 Å². The fourth-order valence-corrected chi connectivity index (χ4v) is 2.44. The van der Waals surface area contributed by atoms with Crippen LogP contribution in [0, 0.1) is 5.41 Å². The van der Waals surface area contributed by atoms with E-state index < -0.39 is 0 Å². The van der Waals surface area contributed by atoms with Crippen LogP contribution >= 0.6 is 11.6 Å². The van der Waals surface area contributed by atoms with E-state index in [0.717, 1.165) is 25.4 Å². The van der Waals surface area contributed by atoms with Crippen molar-refractivity contribution in [2.75, 3.05) is 12.4 Å². The van der Waals surface area contributed by atoms with E-state index in [2.05, 4.69) is 64.2 Å². The molecule has 114 valence electrons. The Labute approximate surface area is 130 Å². The summed E-state index contributed by atoms with van der Waals surface area (Å²) in [4.78, 5) is 0. The summed E-state index contributed by atoms with van der Waals surface area (Å²) < 4.78 is 0. The first kappa shape index (κ1) is 17.5. The van der Waals surface area contributed by atoms with E-state index in [4.69, 9.17) is 11.6 Å². The van der Waals surface area contributed by atoms with E-state index in [0.29, 0.717) is 5.41 Å². The van der Waals surface area contributed by atoms with E-state index in [9.17, 15) is 0 Å². The summed E-state index contributed by atoms with van der Waals surface area (Å²) in [5.41, 5.74) is 3.30. The van der Waals surface area contributed by atoms with E-state index >= 15 is 0 Å². The molecule has 0 aliphatic rings. The molecule has 1 rings (SSSR count). The first-order valence-corrected chi connectivity index (χ1v) is 8.14. The number of hydrogen-bond donors (Lipinski definition) is 1. The van der Waals surface area contributed by atoms with Crippen LogP contribution in [0.4, 0.5) is 0 Å². The standard InChI is InChI=1S/C18H30ClN/c1-17(2,3)16-9-7-15(8-10-16)13-20-14-18(4,5)11-6-12-19/h7-10,20H,6,11-14H2,1-5H3. The number of benzene rings is 1. The molecule has 1 aromatic carbocycles. The maximum absolute atomic E-state index is 5.77. The van der Waals surface area contributed by atoms with Crippen molar-refractivity contribution in [2.24, 2.45) is 5.41 Å². The summed E-state index contributed by atoms with van der Waals surface area (Å²) in [7, 11) is 0. The highest BCUT2D eigenvalue weighted by molar-refractivity contribution is 6.17. The van der Waals surface area contributed by atoms with E-state index in [1.165, 1.54) is 17.5 Å². The van der Waals surface area contributed by atoms with Crippen molar-refractivity contribution in [3.05, 3.63) is 35.4 Å². The van der Waals surface area contributed by atoms with Gasteiger partial charge in [-0.1, -0.05) is 58.9 Å². The fraction of sp³-hybridized carbons (Fsp3) is 0.667. The molecule has 0 radical (unpaired) electrons. The van der Waals surface area contributed by atoms with Crippen molar-refractivity contribution >= 4 is 11.6 Å². The van der Waals surface area contributed by atoms with Gasteiger partial charge in [0.1, 0.15) is 0 Å². The zero-order chi connectivity index (χ0) is 15.2. The van der Waals surface area contributed by atoms with Gasteiger partial charge in [-0.3, -0.25) is 0 Å². The molecule has 0 fully saturated rings. The molecule has 0 aliphatic carbocycles. The van der Waals surface area contributed by atoms with Gasteiger partial charge >= 0.3 is 0 Å². The van der Waals surface area contributed by atoms with Gasteiger partial charge in [-0.05, 0) is 34.8 Å². The van der Waals surface area contributed by atoms with Gasteiger partial charge in [-0.2, -0.15) is 0 Å². The lowest BCUT2D eigenvalue weighted by Crippen LogP contribution is -2.29. The van der Waals surface area contributed by atoms with Gasteiger partial charge in [0, 0.05) is 19.0 Å². The molecule has 0 amide bonds. The van der Waals surface area contributed by atoms with Crippen LogP contribution in [0.5, 0.6) is 0 Å². The molecule has 0 bridgehead atoms. The smallest absolute Gasteiger partial charge is 0.0223 e. The maximum Gasteiger partial charge on any atom is 0.0223 e. The minimum Gasteiger partial charge on any atom is -0.312 e. The zero-order valence-electron chi connectivity index (χ0n) is 13.7. The average molecular weight is 296 g/mol. The first-order valence-electron chi connectivity index (χ1n) is 7.61. The Morgan fingerprint density at radius 3 is 2.10 bits per heavy atom. The Bertz CT molecular complexity index is 387. The van der Waals surface area contributed by atoms with Crippen LogP contribution in [-0.4, -0.2) is 12.4 Å². The second-order valence-electron chi connectivity index (χ2n) is 7.51. The van der Waals surface area contributed by atoms with Gasteiger partial charge in [0.25, 0.3) is 0 Å². The normalized spacial score (nSPS) is 12.7. The number of hydrogen-bond acceptors (Lipinski definition) is 1. The minimum atomic E-state index is 0.232. The summed E-state index contributed by atoms with van der Waals surface area (Å²) >= 11 is 5.77. The molecule has 1 N–H and O–H groups in total. The lowest BCUT2D eigenvalue weighted by Gasteiger charge is -2.25. The van der Waals surface area contributed by atoms with Crippen LogP contribution in [0.3, 0.4) is 0 Å². The van der Waals surface area contributed by atoms with Crippen LogP contribution in [0.1, 0.15) is 58.6 Å². The molecule has 1 aromatic rings. The summed E-state index contributed by atoms with van der Waals surface area (Å²) in [6, 6.07) is 8.96. The van der Waals surface area contributed by atoms with Gasteiger partial charge in [-0.25, -0.2) is 0 Å². The summed E-state index contributed by atoms with van der Waals surface area (Å²) in [5, 5.41) is 3.57. The Balaban J connectivity index is 2.43. The van der Waals surface area contributed by atoms with Crippen molar-refractivity contribution in [2.45, 2.75) is 59.4 Å². The molecule has 0 saturated carbocycles. The molecule has 1 nitrogen and oxygen atoms in total.